The smallest absolute Gasteiger partial charge is 0.150 e. The van der Waals surface area contributed by atoms with Gasteiger partial charge >= 0.3 is 0 Å². The molecule has 0 aliphatic rings. The van der Waals surface area contributed by atoms with Crippen molar-refractivity contribution in [3.8, 4) is 0 Å². The largest absolute Gasteiger partial charge is 0.324 e. The molecule has 0 aliphatic carbocycles. The zero-order valence-electron chi connectivity index (χ0n) is 9.04. The lowest BCUT2D eigenvalue weighted by Crippen LogP contribution is -1.96. The molecule has 0 saturated heterocycles. The van der Waals surface area contributed by atoms with E-state index in [-0.39, 0.29) is 0 Å². The van der Waals surface area contributed by atoms with E-state index < -0.39 is 0 Å². The van der Waals surface area contributed by atoms with E-state index in [0.29, 0.717) is 5.82 Å². The number of para-hydroxylation sites is 2. The summed E-state index contributed by atoms with van der Waals surface area (Å²) < 4.78 is 0. The lowest BCUT2D eigenvalue weighted by atomic mass is 10.3. The number of rotatable bonds is 2. The Kier molecular flexibility index (Phi) is 2.38. The van der Waals surface area contributed by atoms with Crippen molar-refractivity contribution in [2.24, 2.45) is 0 Å². The summed E-state index contributed by atoms with van der Waals surface area (Å²) in [6.07, 6.45) is 3.44. The van der Waals surface area contributed by atoms with E-state index in [1.807, 2.05) is 42.5 Å². The lowest BCUT2D eigenvalue weighted by molar-refractivity contribution is 1.24. The van der Waals surface area contributed by atoms with Crippen molar-refractivity contribution in [1.29, 1.82) is 0 Å². The molecule has 0 aliphatic heterocycles. The van der Waals surface area contributed by atoms with Crippen LogP contribution in [-0.2, 0) is 0 Å². The summed E-state index contributed by atoms with van der Waals surface area (Å²) in [6, 6.07) is 13.4. The van der Waals surface area contributed by atoms with Gasteiger partial charge in [-0.3, -0.25) is 4.98 Å². The molecule has 2 heterocycles. The Morgan fingerprint density at radius 2 is 1.59 bits per heavy atom. The maximum Gasteiger partial charge on any atom is 0.150 e. The monoisotopic (exact) mass is 222 g/mol. The SMILES string of the molecule is c1ccc(Nc2cnc3ccccc3n2)nc1. The molecule has 0 spiro atoms. The molecule has 4 nitrogen and oxygen atoms in total. The van der Waals surface area contributed by atoms with Crippen LogP contribution in [0.4, 0.5) is 11.6 Å². The summed E-state index contributed by atoms with van der Waals surface area (Å²) in [4.78, 5) is 13.0. The average molecular weight is 222 g/mol. The number of fused-ring (bicyclic) bond motifs is 1. The first-order valence-electron chi connectivity index (χ1n) is 5.32. The molecule has 3 rings (SSSR count). The molecule has 0 unspecified atom stereocenters. The second-order valence-electron chi connectivity index (χ2n) is 3.58. The van der Waals surface area contributed by atoms with Crippen LogP contribution >= 0.6 is 0 Å². The molecule has 4 heteroatoms. The second-order valence-corrected chi connectivity index (χ2v) is 3.58. The molecule has 0 saturated carbocycles. The predicted molar refractivity (Wildman–Crippen MR) is 67.1 cm³/mol. The fourth-order valence-electron chi connectivity index (χ4n) is 1.59. The minimum absolute atomic E-state index is 0.697. The molecule has 1 aromatic carbocycles. The quantitative estimate of drug-likeness (QED) is 0.724. The summed E-state index contributed by atoms with van der Waals surface area (Å²) in [6.45, 7) is 0. The van der Waals surface area contributed by atoms with Crippen LogP contribution < -0.4 is 5.32 Å². The summed E-state index contributed by atoms with van der Waals surface area (Å²) in [5, 5.41) is 3.11. The summed E-state index contributed by atoms with van der Waals surface area (Å²) in [5.41, 5.74) is 1.76. The van der Waals surface area contributed by atoms with Crippen molar-refractivity contribution in [3.63, 3.8) is 0 Å². The third kappa shape index (κ3) is 2.06. The summed E-state index contributed by atoms with van der Waals surface area (Å²) in [5.74, 6) is 1.46. The Labute approximate surface area is 98.4 Å². The molecule has 0 atom stereocenters. The zero-order valence-corrected chi connectivity index (χ0v) is 9.04. The first-order chi connectivity index (χ1) is 8.42. The average Bonchev–Trinajstić information content (AvgIpc) is 2.40. The van der Waals surface area contributed by atoms with Gasteiger partial charge in [-0.1, -0.05) is 18.2 Å². The van der Waals surface area contributed by atoms with Gasteiger partial charge in [-0.25, -0.2) is 9.97 Å². The fraction of sp³-hybridized carbons (Fsp3) is 0. The summed E-state index contributed by atoms with van der Waals surface area (Å²) in [7, 11) is 0. The van der Waals surface area contributed by atoms with Gasteiger partial charge < -0.3 is 5.32 Å². The number of nitrogens with zero attached hydrogens (tertiary/aromatic N) is 3. The van der Waals surface area contributed by atoms with Crippen LogP contribution in [0.2, 0.25) is 0 Å². The number of pyridine rings is 1. The maximum absolute atomic E-state index is 4.46. The molecule has 0 radical (unpaired) electrons. The van der Waals surface area contributed by atoms with Gasteiger partial charge in [0.25, 0.3) is 0 Å². The van der Waals surface area contributed by atoms with Crippen molar-refractivity contribution in [1.82, 2.24) is 15.0 Å². The number of nitrogens with one attached hydrogen (secondary N) is 1. The Morgan fingerprint density at radius 1 is 0.765 bits per heavy atom. The summed E-state index contributed by atoms with van der Waals surface area (Å²) >= 11 is 0. The van der Waals surface area contributed by atoms with Gasteiger partial charge in [0.1, 0.15) is 5.82 Å². The Morgan fingerprint density at radius 3 is 2.41 bits per heavy atom. The number of benzene rings is 1. The van der Waals surface area contributed by atoms with E-state index in [1.54, 1.807) is 12.4 Å². The highest BCUT2D eigenvalue weighted by molar-refractivity contribution is 5.75. The van der Waals surface area contributed by atoms with Crippen molar-refractivity contribution in [3.05, 3.63) is 54.9 Å². The van der Waals surface area contributed by atoms with Crippen LogP contribution in [0.15, 0.2) is 54.9 Å². The van der Waals surface area contributed by atoms with E-state index in [2.05, 4.69) is 20.3 Å². The van der Waals surface area contributed by atoms with E-state index in [9.17, 15) is 0 Å². The second kappa shape index (κ2) is 4.17. The van der Waals surface area contributed by atoms with Crippen molar-refractivity contribution >= 4 is 22.7 Å². The van der Waals surface area contributed by atoms with Gasteiger partial charge in [0.05, 0.1) is 17.2 Å². The van der Waals surface area contributed by atoms with Gasteiger partial charge in [0.2, 0.25) is 0 Å². The first kappa shape index (κ1) is 9.72. The zero-order chi connectivity index (χ0) is 11.5. The standard InChI is InChI=1S/C13H10N4/c1-2-6-11-10(5-1)15-9-13(16-11)17-12-7-3-4-8-14-12/h1-9H,(H,14,16,17). The van der Waals surface area contributed by atoms with Gasteiger partial charge in [-0.2, -0.15) is 0 Å². The Hall–Kier alpha value is -2.49. The van der Waals surface area contributed by atoms with Crippen molar-refractivity contribution in [2.45, 2.75) is 0 Å². The van der Waals surface area contributed by atoms with Crippen molar-refractivity contribution < 1.29 is 0 Å². The Balaban J connectivity index is 1.96. The topological polar surface area (TPSA) is 50.7 Å². The lowest BCUT2D eigenvalue weighted by Gasteiger charge is -2.04. The maximum atomic E-state index is 4.46. The van der Waals surface area contributed by atoms with Crippen molar-refractivity contribution in [2.75, 3.05) is 5.32 Å². The fourth-order valence-corrected chi connectivity index (χ4v) is 1.59. The number of anilines is 2. The van der Waals surface area contributed by atoms with Gasteiger partial charge in [-0.05, 0) is 24.3 Å². The van der Waals surface area contributed by atoms with E-state index in [0.717, 1.165) is 16.9 Å². The predicted octanol–water partition coefficient (Wildman–Crippen LogP) is 2.77. The molecule has 0 bridgehead atoms. The van der Waals surface area contributed by atoms with Crippen LogP contribution in [-0.4, -0.2) is 15.0 Å². The highest BCUT2D eigenvalue weighted by atomic mass is 15.1. The third-order valence-corrected chi connectivity index (χ3v) is 2.37. The molecule has 2 aromatic heterocycles. The normalized spacial score (nSPS) is 10.4. The molecule has 3 aromatic rings. The van der Waals surface area contributed by atoms with E-state index >= 15 is 0 Å². The van der Waals surface area contributed by atoms with E-state index in [1.165, 1.54) is 0 Å². The molecule has 0 fully saturated rings. The molecular formula is C13H10N4. The van der Waals surface area contributed by atoms with Gasteiger partial charge in [0.15, 0.2) is 5.82 Å². The van der Waals surface area contributed by atoms with Crippen LogP contribution in [0.5, 0.6) is 0 Å². The van der Waals surface area contributed by atoms with Crippen LogP contribution in [0.3, 0.4) is 0 Å². The number of hydrogen-bond donors (Lipinski definition) is 1. The van der Waals surface area contributed by atoms with E-state index in [4.69, 9.17) is 0 Å². The number of hydrogen-bond acceptors (Lipinski definition) is 4. The minimum Gasteiger partial charge on any atom is -0.324 e. The number of aromatic nitrogens is 3. The third-order valence-electron chi connectivity index (χ3n) is 2.37. The highest BCUT2D eigenvalue weighted by Gasteiger charge is 1.99. The molecular weight excluding hydrogens is 212 g/mol. The van der Waals surface area contributed by atoms with Crippen LogP contribution in [0.25, 0.3) is 11.0 Å². The van der Waals surface area contributed by atoms with Crippen LogP contribution in [0.1, 0.15) is 0 Å². The van der Waals surface area contributed by atoms with Gasteiger partial charge in [-0.15, -0.1) is 0 Å². The molecule has 82 valence electrons. The van der Waals surface area contributed by atoms with Gasteiger partial charge in [0, 0.05) is 6.20 Å². The molecule has 17 heavy (non-hydrogen) atoms. The Bertz CT molecular complexity index is 637. The molecule has 1 N–H and O–H groups in total. The molecule has 0 amide bonds. The van der Waals surface area contributed by atoms with Crippen LogP contribution in [0, 0.1) is 0 Å². The first-order valence-corrected chi connectivity index (χ1v) is 5.32. The highest BCUT2D eigenvalue weighted by Crippen LogP contribution is 2.14. The minimum atomic E-state index is 0.697.